The van der Waals surface area contributed by atoms with Crippen molar-refractivity contribution in [2.24, 2.45) is 11.8 Å². The number of nitrogens with one attached hydrogen (secondary N) is 1. The summed E-state index contributed by atoms with van der Waals surface area (Å²) in [4.78, 5) is 2.83. The van der Waals surface area contributed by atoms with E-state index in [4.69, 9.17) is 0 Å². The van der Waals surface area contributed by atoms with Gasteiger partial charge in [0.05, 0.1) is 0 Å². The van der Waals surface area contributed by atoms with Gasteiger partial charge < -0.3 is 5.32 Å². The minimum atomic E-state index is 0.735. The standard InChI is InChI=1S/C17H34N2/c1-4-6-14-9-10-16(18-3)17(12-14)19(11-5-2)13-15-7-8-15/h14-18H,4-13H2,1-3H3. The topological polar surface area (TPSA) is 15.3 Å². The second-order valence-electron chi connectivity index (χ2n) is 6.87. The third-order valence-electron chi connectivity index (χ3n) is 5.16. The molecule has 0 aliphatic heterocycles. The van der Waals surface area contributed by atoms with Crippen LogP contribution in [0, 0.1) is 11.8 Å². The number of hydrogen-bond donors (Lipinski definition) is 1. The predicted octanol–water partition coefficient (Wildman–Crippen LogP) is 3.67. The molecule has 0 spiro atoms. The van der Waals surface area contributed by atoms with Gasteiger partial charge in [0.15, 0.2) is 0 Å². The second-order valence-corrected chi connectivity index (χ2v) is 6.87. The van der Waals surface area contributed by atoms with Crippen molar-refractivity contribution in [2.45, 2.75) is 77.3 Å². The van der Waals surface area contributed by atoms with E-state index in [1.165, 1.54) is 64.5 Å². The molecule has 0 aromatic carbocycles. The minimum absolute atomic E-state index is 0.735. The number of hydrogen-bond acceptors (Lipinski definition) is 2. The Hall–Kier alpha value is -0.0800. The molecule has 0 amide bonds. The zero-order valence-electron chi connectivity index (χ0n) is 13.3. The van der Waals surface area contributed by atoms with Crippen LogP contribution in [0.2, 0.25) is 0 Å². The lowest BCUT2D eigenvalue weighted by Gasteiger charge is -2.43. The lowest BCUT2D eigenvalue weighted by atomic mass is 9.79. The molecule has 2 rings (SSSR count). The maximum Gasteiger partial charge on any atom is 0.0251 e. The van der Waals surface area contributed by atoms with Crippen LogP contribution in [0.1, 0.15) is 65.2 Å². The third kappa shape index (κ3) is 4.46. The zero-order valence-corrected chi connectivity index (χ0v) is 13.3. The Balaban J connectivity index is 1.96. The predicted molar refractivity (Wildman–Crippen MR) is 83.5 cm³/mol. The molecular formula is C17H34N2. The van der Waals surface area contributed by atoms with E-state index >= 15 is 0 Å². The van der Waals surface area contributed by atoms with Gasteiger partial charge in [0, 0.05) is 18.6 Å². The summed E-state index contributed by atoms with van der Waals surface area (Å²) in [5.41, 5.74) is 0. The smallest absolute Gasteiger partial charge is 0.0251 e. The van der Waals surface area contributed by atoms with Crippen LogP contribution in [0.15, 0.2) is 0 Å². The molecule has 2 aliphatic carbocycles. The average molecular weight is 266 g/mol. The van der Waals surface area contributed by atoms with Gasteiger partial charge in [-0.15, -0.1) is 0 Å². The molecule has 0 saturated heterocycles. The molecule has 0 aromatic rings. The average Bonchev–Trinajstić information content (AvgIpc) is 3.22. The fraction of sp³-hybridized carbons (Fsp3) is 1.00. The molecule has 112 valence electrons. The Kier molecular flexibility index (Phi) is 6.15. The fourth-order valence-electron chi connectivity index (χ4n) is 3.95. The quantitative estimate of drug-likeness (QED) is 0.721. The molecule has 2 nitrogen and oxygen atoms in total. The van der Waals surface area contributed by atoms with Crippen LogP contribution < -0.4 is 5.32 Å². The molecule has 2 aliphatic rings. The Morgan fingerprint density at radius 1 is 1.00 bits per heavy atom. The molecule has 2 fully saturated rings. The van der Waals surface area contributed by atoms with Gasteiger partial charge in [0.1, 0.15) is 0 Å². The highest BCUT2D eigenvalue weighted by Crippen LogP contribution is 2.35. The van der Waals surface area contributed by atoms with Gasteiger partial charge in [-0.05, 0) is 64.0 Å². The summed E-state index contributed by atoms with van der Waals surface area (Å²) in [5, 5.41) is 3.61. The van der Waals surface area contributed by atoms with Gasteiger partial charge in [-0.3, -0.25) is 4.90 Å². The van der Waals surface area contributed by atoms with E-state index in [0.717, 1.165) is 23.9 Å². The van der Waals surface area contributed by atoms with Gasteiger partial charge in [0.2, 0.25) is 0 Å². The van der Waals surface area contributed by atoms with Crippen molar-refractivity contribution in [2.75, 3.05) is 20.1 Å². The van der Waals surface area contributed by atoms with Gasteiger partial charge >= 0.3 is 0 Å². The summed E-state index contributed by atoms with van der Waals surface area (Å²) in [5.74, 6) is 2.01. The Morgan fingerprint density at radius 3 is 2.32 bits per heavy atom. The Bertz CT molecular complexity index is 250. The summed E-state index contributed by atoms with van der Waals surface area (Å²) in [6, 6.07) is 1.54. The largest absolute Gasteiger partial charge is 0.315 e. The monoisotopic (exact) mass is 266 g/mol. The van der Waals surface area contributed by atoms with Crippen LogP contribution in [-0.4, -0.2) is 37.1 Å². The molecule has 1 N–H and O–H groups in total. The van der Waals surface area contributed by atoms with Gasteiger partial charge in [-0.2, -0.15) is 0 Å². The van der Waals surface area contributed by atoms with Crippen molar-refractivity contribution in [3.8, 4) is 0 Å². The maximum atomic E-state index is 3.61. The highest BCUT2D eigenvalue weighted by atomic mass is 15.2. The fourth-order valence-corrected chi connectivity index (χ4v) is 3.95. The molecule has 0 radical (unpaired) electrons. The zero-order chi connectivity index (χ0) is 13.7. The van der Waals surface area contributed by atoms with Crippen LogP contribution in [0.3, 0.4) is 0 Å². The lowest BCUT2D eigenvalue weighted by Crippen LogP contribution is -2.53. The van der Waals surface area contributed by atoms with Crippen molar-refractivity contribution in [1.82, 2.24) is 10.2 Å². The molecule has 2 saturated carbocycles. The molecule has 0 aromatic heterocycles. The van der Waals surface area contributed by atoms with Crippen molar-refractivity contribution < 1.29 is 0 Å². The molecule has 3 unspecified atom stereocenters. The summed E-state index contributed by atoms with van der Waals surface area (Å²) in [7, 11) is 2.17. The van der Waals surface area contributed by atoms with Gasteiger partial charge in [-0.25, -0.2) is 0 Å². The summed E-state index contributed by atoms with van der Waals surface area (Å²) < 4.78 is 0. The first-order valence-corrected chi connectivity index (χ1v) is 8.69. The highest BCUT2D eigenvalue weighted by Gasteiger charge is 2.35. The summed E-state index contributed by atoms with van der Waals surface area (Å²) >= 11 is 0. The van der Waals surface area contributed by atoms with E-state index < -0.39 is 0 Å². The van der Waals surface area contributed by atoms with Crippen LogP contribution in [0.5, 0.6) is 0 Å². The number of nitrogens with zero attached hydrogens (tertiary/aromatic N) is 1. The Labute approximate surface area is 120 Å². The minimum Gasteiger partial charge on any atom is -0.315 e. The molecule has 0 heterocycles. The molecule has 19 heavy (non-hydrogen) atoms. The first-order valence-electron chi connectivity index (χ1n) is 8.69. The summed E-state index contributed by atoms with van der Waals surface area (Å²) in [6.45, 7) is 7.35. The number of rotatable bonds is 8. The highest BCUT2D eigenvalue weighted by molar-refractivity contribution is 4.92. The van der Waals surface area contributed by atoms with Crippen LogP contribution in [-0.2, 0) is 0 Å². The van der Waals surface area contributed by atoms with Crippen molar-refractivity contribution in [3.05, 3.63) is 0 Å². The number of likely N-dealkylation sites (N-methyl/N-ethyl adjacent to an activating group) is 1. The van der Waals surface area contributed by atoms with Crippen LogP contribution >= 0.6 is 0 Å². The second kappa shape index (κ2) is 7.64. The normalized spacial score (nSPS) is 31.9. The van der Waals surface area contributed by atoms with Gasteiger partial charge in [0.25, 0.3) is 0 Å². The Morgan fingerprint density at radius 2 is 1.74 bits per heavy atom. The van der Waals surface area contributed by atoms with Crippen LogP contribution in [0.4, 0.5) is 0 Å². The lowest BCUT2D eigenvalue weighted by molar-refractivity contribution is 0.0923. The van der Waals surface area contributed by atoms with Crippen molar-refractivity contribution in [3.63, 3.8) is 0 Å². The first kappa shape index (κ1) is 15.3. The van der Waals surface area contributed by atoms with Crippen LogP contribution in [0.25, 0.3) is 0 Å². The van der Waals surface area contributed by atoms with E-state index in [-0.39, 0.29) is 0 Å². The van der Waals surface area contributed by atoms with Crippen molar-refractivity contribution >= 4 is 0 Å². The third-order valence-corrected chi connectivity index (χ3v) is 5.16. The molecular weight excluding hydrogens is 232 g/mol. The maximum absolute atomic E-state index is 3.61. The summed E-state index contributed by atoms with van der Waals surface area (Å²) in [6.07, 6.45) is 11.3. The molecule has 0 bridgehead atoms. The molecule has 3 atom stereocenters. The SMILES string of the molecule is CCCC1CCC(NC)C(N(CCC)CC2CC2)C1. The van der Waals surface area contributed by atoms with Crippen molar-refractivity contribution in [1.29, 1.82) is 0 Å². The van der Waals surface area contributed by atoms with E-state index in [2.05, 4.69) is 31.1 Å². The van der Waals surface area contributed by atoms with E-state index in [1.807, 2.05) is 0 Å². The first-order chi connectivity index (χ1) is 9.28. The van der Waals surface area contributed by atoms with E-state index in [0.29, 0.717) is 0 Å². The van der Waals surface area contributed by atoms with E-state index in [1.54, 1.807) is 0 Å². The van der Waals surface area contributed by atoms with Gasteiger partial charge in [-0.1, -0.05) is 26.7 Å². The molecule has 2 heteroatoms. The van der Waals surface area contributed by atoms with E-state index in [9.17, 15) is 0 Å².